The molecule has 0 saturated carbocycles. The first-order valence-corrected chi connectivity index (χ1v) is 16.3. The zero-order valence-corrected chi connectivity index (χ0v) is 26.5. The van der Waals surface area contributed by atoms with Crippen LogP contribution in [0.1, 0.15) is 11.1 Å². The molecule has 2 nitrogen and oxygen atoms in total. The van der Waals surface area contributed by atoms with E-state index in [2.05, 4.69) is 216 Å². The Balaban J connectivity index is 1.08. The first-order valence-electron chi connectivity index (χ1n) is 16.3. The molecule has 0 atom stereocenters. The lowest BCUT2D eigenvalue weighted by Crippen LogP contribution is -2.09. The molecule has 0 spiro atoms. The molecule has 0 aliphatic heterocycles. The van der Waals surface area contributed by atoms with E-state index in [1.54, 1.807) is 0 Å². The molecule has 2 heteroatoms. The van der Waals surface area contributed by atoms with Crippen molar-refractivity contribution in [1.29, 1.82) is 0 Å². The number of hydrogen-bond acceptors (Lipinski definition) is 2. The molecule has 0 bridgehead atoms. The van der Waals surface area contributed by atoms with Crippen LogP contribution in [0.4, 0.5) is 34.1 Å². The molecule has 48 heavy (non-hydrogen) atoms. The maximum absolute atomic E-state index is 2.34. The molecular weight excluding hydrogens is 581 g/mol. The van der Waals surface area contributed by atoms with Gasteiger partial charge in [-0.3, -0.25) is 0 Å². The Bertz CT molecular complexity index is 2210. The van der Waals surface area contributed by atoms with Crippen molar-refractivity contribution in [3.8, 4) is 0 Å². The fourth-order valence-corrected chi connectivity index (χ4v) is 6.34. The Morgan fingerprint density at radius 1 is 0.250 bits per heavy atom. The summed E-state index contributed by atoms with van der Waals surface area (Å²) < 4.78 is 0. The fraction of sp³-hybridized carbons (Fsp3) is 0. The maximum Gasteiger partial charge on any atom is 0.0468 e. The Hall–Kier alpha value is -6.38. The van der Waals surface area contributed by atoms with Crippen LogP contribution in [0, 0.1) is 0 Å². The van der Waals surface area contributed by atoms with Gasteiger partial charge in [0, 0.05) is 34.1 Å². The number of para-hydroxylation sites is 2. The number of anilines is 6. The number of nitrogens with zero attached hydrogens (tertiary/aromatic N) is 2. The van der Waals surface area contributed by atoms with E-state index in [-0.39, 0.29) is 0 Å². The van der Waals surface area contributed by atoms with Crippen molar-refractivity contribution in [1.82, 2.24) is 0 Å². The summed E-state index contributed by atoms with van der Waals surface area (Å²) in [5, 5.41) is 4.92. The molecule has 0 fully saturated rings. The molecule has 8 aromatic carbocycles. The zero-order chi connectivity index (χ0) is 32.1. The molecule has 0 heterocycles. The van der Waals surface area contributed by atoms with Crippen LogP contribution in [-0.4, -0.2) is 0 Å². The van der Waals surface area contributed by atoms with E-state index in [4.69, 9.17) is 0 Å². The highest BCUT2D eigenvalue weighted by Crippen LogP contribution is 2.38. The van der Waals surface area contributed by atoms with Gasteiger partial charge in [-0.1, -0.05) is 133 Å². The van der Waals surface area contributed by atoms with Gasteiger partial charge < -0.3 is 9.80 Å². The van der Waals surface area contributed by atoms with Crippen LogP contribution in [0.25, 0.3) is 33.7 Å². The van der Waals surface area contributed by atoms with Gasteiger partial charge in [-0.25, -0.2) is 0 Å². The lowest BCUT2D eigenvalue weighted by molar-refractivity contribution is 1.28. The van der Waals surface area contributed by atoms with E-state index >= 15 is 0 Å². The molecule has 8 rings (SSSR count). The first kappa shape index (κ1) is 29.1. The largest absolute Gasteiger partial charge is 0.311 e. The summed E-state index contributed by atoms with van der Waals surface area (Å²) in [7, 11) is 0. The molecule has 0 aliphatic carbocycles. The Morgan fingerprint density at radius 2 is 0.562 bits per heavy atom. The summed E-state index contributed by atoms with van der Waals surface area (Å²) in [5.74, 6) is 0. The van der Waals surface area contributed by atoms with E-state index in [1.807, 2.05) is 0 Å². The van der Waals surface area contributed by atoms with Crippen LogP contribution in [0.2, 0.25) is 0 Å². The summed E-state index contributed by atoms with van der Waals surface area (Å²) in [6.07, 6.45) is 4.36. The predicted molar refractivity (Wildman–Crippen MR) is 206 cm³/mol. The van der Waals surface area contributed by atoms with Gasteiger partial charge in [0.25, 0.3) is 0 Å². The topological polar surface area (TPSA) is 6.48 Å². The van der Waals surface area contributed by atoms with Gasteiger partial charge in [0.2, 0.25) is 0 Å². The van der Waals surface area contributed by atoms with Crippen molar-refractivity contribution >= 4 is 67.8 Å². The summed E-state index contributed by atoms with van der Waals surface area (Å²) in [6.45, 7) is 0. The SMILES string of the molecule is C(=Cc1ccc(N(c2ccc3ccccc3c2)c2ccc3ccccc3c2)cc1)c1ccc(N(c2ccccc2)c2ccccc2)cc1. The molecule has 0 N–H and O–H groups in total. The van der Waals surface area contributed by atoms with Crippen molar-refractivity contribution in [2.75, 3.05) is 9.80 Å². The lowest BCUT2D eigenvalue weighted by Gasteiger charge is -2.26. The van der Waals surface area contributed by atoms with Gasteiger partial charge in [0.15, 0.2) is 0 Å². The van der Waals surface area contributed by atoms with Crippen LogP contribution >= 0.6 is 0 Å². The minimum absolute atomic E-state index is 1.11. The molecule has 0 aromatic heterocycles. The summed E-state index contributed by atoms with van der Waals surface area (Å²) in [6, 6.07) is 69.0. The third-order valence-corrected chi connectivity index (χ3v) is 8.78. The second-order valence-electron chi connectivity index (χ2n) is 11.9. The van der Waals surface area contributed by atoms with Crippen LogP contribution in [-0.2, 0) is 0 Å². The summed E-state index contributed by atoms with van der Waals surface area (Å²) >= 11 is 0. The molecule has 0 aliphatic rings. The third-order valence-electron chi connectivity index (χ3n) is 8.78. The quantitative estimate of drug-likeness (QED) is 0.157. The molecule has 0 saturated heterocycles. The van der Waals surface area contributed by atoms with Crippen LogP contribution in [0.3, 0.4) is 0 Å². The average molecular weight is 615 g/mol. The van der Waals surface area contributed by atoms with Crippen molar-refractivity contribution in [3.63, 3.8) is 0 Å². The van der Waals surface area contributed by atoms with Gasteiger partial charge in [-0.05, 0) is 105 Å². The van der Waals surface area contributed by atoms with Gasteiger partial charge >= 0.3 is 0 Å². The second-order valence-corrected chi connectivity index (χ2v) is 11.9. The highest BCUT2D eigenvalue weighted by atomic mass is 15.1. The third kappa shape index (κ3) is 6.08. The molecular formula is C46H34N2. The molecule has 0 unspecified atom stereocenters. The van der Waals surface area contributed by atoms with Gasteiger partial charge in [-0.15, -0.1) is 0 Å². The number of fused-ring (bicyclic) bond motifs is 2. The van der Waals surface area contributed by atoms with E-state index in [1.165, 1.54) is 21.5 Å². The van der Waals surface area contributed by atoms with E-state index in [0.29, 0.717) is 0 Å². The van der Waals surface area contributed by atoms with Gasteiger partial charge in [-0.2, -0.15) is 0 Å². The van der Waals surface area contributed by atoms with Crippen LogP contribution in [0.15, 0.2) is 194 Å². The number of benzene rings is 8. The summed E-state index contributed by atoms with van der Waals surface area (Å²) in [5.41, 5.74) is 9.06. The minimum atomic E-state index is 1.11. The lowest BCUT2D eigenvalue weighted by atomic mass is 10.1. The normalized spacial score (nSPS) is 11.2. The second kappa shape index (κ2) is 13.2. The van der Waals surface area contributed by atoms with Crippen molar-refractivity contribution in [3.05, 3.63) is 205 Å². The Labute approximate surface area is 282 Å². The minimum Gasteiger partial charge on any atom is -0.311 e. The highest BCUT2D eigenvalue weighted by molar-refractivity contribution is 5.92. The Morgan fingerprint density at radius 3 is 0.979 bits per heavy atom. The van der Waals surface area contributed by atoms with E-state index in [9.17, 15) is 0 Å². The standard InChI is InChI=1S/C46H34N2/c1-3-15-41(16-4-1)47(42-17-5-2-6-18-42)43-27-21-35(22-28-43)19-20-36-23-29-44(30-24-36)48(45-31-25-37-11-7-9-13-39(37)33-45)46-32-26-38-12-8-10-14-40(38)34-46/h1-34H. The first-order chi connectivity index (χ1) is 23.8. The van der Waals surface area contributed by atoms with E-state index < -0.39 is 0 Å². The molecule has 0 amide bonds. The Kier molecular flexibility index (Phi) is 7.96. The van der Waals surface area contributed by atoms with Gasteiger partial charge in [0.1, 0.15) is 0 Å². The van der Waals surface area contributed by atoms with Crippen LogP contribution in [0.5, 0.6) is 0 Å². The van der Waals surface area contributed by atoms with E-state index in [0.717, 1.165) is 45.3 Å². The van der Waals surface area contributed by atoms with Crippen molar-refractivity contribution in [2.45, 2.75) is 0 Å². The van der Waals surface area contributed by atoms with Crippen molar-refractivity contribution < 1.29 is 0 Å². The highest BCUT2D eigenvalue weighted by Gasteiger charge is 2.14. The zero-order valence-electron chi connectivity index (χ0n) is 26.5. The number of hydrogen-bond donors (Lipinski definition) is 0. The average Bonchev–Trinajstić information content (AvgIpc) is 3.16. The maximum atomic E-state index is 2.34. The van der Waals surface area contributed by atoms with Crippen molar-refractivity contribution in [2.24, 2.45) is 0 Å². The fourth-order valence-electron chi connectivity index (χ4n) is 6.34. The monoisotopic (exact) mass is 614 g/mol. The smallest absolute Gasteiger partial charge is 0.0468 e. The molecule has 228 valence electrons. The predicted octanol–water partition coefficient (Wildman–Crippen LogP) is 13.1. The number of rotatable bonds is 8. The van der Waals surface area contributed by atoms with Crippen LogP contribution < -0.4 is 9.80 Å². The summed E-state index contributed by atoms with van der Waals surface area (Å²) in [4.78, 5) is 4.62. The van der Waals surface area contributed by atoms with Gasteiger partial charge in [0.05, 0.1) is 0 Å². The molecule has 0 radical (unpaired) electrons. The molecule has 8 aromatic rings.